The van der Waals surface area contributed by atoms with Gasteiger partial charge in [0.1, 0.15) is 5.75 Å². The second kappa shape index (κ2) is 6.75. The summed E-state index contributed by atoms with van der Waals surface area (Å²) in [6.07, 6.45) is 2.26. The molecule has 1 aromatic rings. The van der Waals surface area contributed by atoms with Gasteiger partial charge in [0, 0.05) is 19.1 Å². The molecule has 1 fully saturated rings. The van der Waals surface area contributed by atoms with Gasteiger partial charge in [0.25, 0.3) is 0 Å². The van der Waals surface area contributed by atoms with E-state index in [4.69, 9.17) is 4.74 Å². The van der Waals surface area contributed by atoms with Crippen molar-refractivity contribution in [1.82, 2.24) is 10.2 Å². The molecule has 0 radical (unpaired) electrons. The van der Waals surface area contributed by atoms with Crippen LogP contribution in [0, 0.1) is 0 Å². The number of ether oxygens (including phenoxy) is 1. The van der Waals surface area contributed by atoms with Gasteiger partial charge in [0.05, 0.1) is 13.2 Å². The lowest BCUT2D eigenvalue weighted by atomic mass is 10.1. The highest BCUT2D eigenvalue weighted by Gasteiger charge is 2.24. The standard InChI is InChI=1S/C16H24N2O2/c1-12(14-6-8-15(20-3)9-7-14)17-13(2)16(19)18-10-4-5-11-18/h6-9,12-13,17H,4-5,10-11H2,1-3H3. The molecule has 1 heterocycles. The quantitative estimate of drug-likeness (QED) is 0.897. The fourth-order valence-electron chi connectivity index (χ4n) is 2.65. The topological polar surface area (TPSA) is 41.6 Å². The second-order valence-electron chi connectivity index (χ2n) is 5.42. The highest BCUT2D eigenvalue weighted by Crippen LogP contribution is 2.18. The number of carbonyl (C=O) groups excluding carboxylic acids is 1. The Labute approximate surface area is 121 Å². The van der Waals surface area contributed by atoms with Crippen LogP contribution in [0.1, 0.15) is 38.3 Å². The first kappa shape index (κ1) is 14.9. The molecule has 1 aliphatic heterocycles. The monoisotopic (exact) mass is 276 g/mol. The van der Waals surface area contributed by atoms with E-state index >= 15 is 0 Å². The Kier molecular flexibility index (Phi) is 5.01. The first-order chi connectivity index (χ1) is 9.61. The predicted molar refractivity (Wildman–Crippen MR) is 79.8 cm³/mol. The number of hydrogen-bond donors (Lipinski definition) is 1. The lowest BCUT2D eigenvalue weighted by Gasteiger charge is -2.24. The van der Waals surface area contributed by atoms with E-state index in [0.717, 1.165) is 37.2 Å². The van der Waals surface area contributed by atoms with Crippen molar-refractivity contribution < 1.29 is 9.53 Å². The van der Waals surface area contributed by atoms with Crippen LogP contribution in [0.15, 0.2) is 24.3 Å². The zero-order valence-corrected chi connectivity index (χ0v) is 12.6. The number of amides is 1. The number of nitrogens with zero attached hydrogens (tertiary/aromatic N) is 1. The van der Waals surface area contributed by atoms with E-state index in [1.807, 2.05) is 36.1 Å². The molecular formula is C16H24N2O2. The van der Waals surface area contributed by atoms with Crippen molar-refractivity contribution >= 4 is 5.91 Å². The zero-order chi connectivity index (χ0) is 14.5. The van der Waals surface area contributed by atoms with Gasteiger partial charge < -0.3 is 9.64 Å². The molecular weight excluding hydrogens is 252 g/mol. The summed E-state index contributed by atoms with van der Waals surface area (Å²) in [7, 11) is 1.66. The van der Waals surface area contributed by atoms with Crippen LogP contribution < -0.4 is 10.1 Å². The first-order valence-corrected chi connectivity index (χ1v) is 7.30. The molecule has 0 aromatic heterocycles. The summed E-state index contributed by atoms with van der Waals surface area (Å²) < 4.78 is 5.15. The summed E-state index contributed by atoms with van der Waals surface area (Å²) in [5.41, 5.74) is 1.16. The molecule has 4 heteroatoms. The molecule has 2 rings (SSSR count). The van der Waals surface area contributed by atoms with E-state index in [0.29, 0.717) is 0 Å². The second-order valence-corrected chi connectivity index (χ2v) is 5.42. The molecule has 4 nitrogen and oxygen atoms in total. The third kappa shape index (κ3) is 3.51. The Bertz CT molecular complexity index is 438. The zero-order valence-electron chi connectivity index (χ0n) is 12.6. The summed E-state index contributed by atoms with van der Waals surface area (Å²) in [6.45, 7) is 5.83. The molecule has 1 amide bonds. The Hall–Kier alpha value is -1.55. The minimum Gasteiger partial charge on any atom is -0.497 e. The SMILES string of the molecule is COc1ccc(C(C)NC(C)C(=O)N2CCCC2)cc1. The number of methoxy groups -OCH3 is 1. The normalized spacial score (nSPS) is 17.9. The van der Waals surface area contributed by atoms with Crippen molar-refractivity contribution in [2.24, 2.45) is 0 Å². The van der Waals surface area contributed by atoms with Crippen LogP contribution >= 0.6 is 0 Å². The van der Waals surface area contributed by atoms with Gasteiger partial charge in [-0.3, -0.25) is 10.1 Å². The maximum atomic E-state index is 12.3. The first-order valence-electron chi connectivity index (χ1n) is 7.30. The summed E-state index contributed by atoms with van der Waals surface area (Å²) in [5.74, 6) is 1.06. The van der Waals surface area contributed by atoms with E-state index in [-0.39, 0.29) is 18.0 Å². The van der Waals surface area contributed by atoms with Crippen LogP contribution in [0.2, 0.25) is 0 Å². The lowest BCUT2D eigenvalue weighted by molar-refractivity contribution is -0.132. The van der Waals surface area contributed by atoms with Gasteiger partial charge in [-0.05, 0) is 44.4 Å². The molecule has 0 bridgehead atoms. The Morgan fingerprint density at radius 1 is 1.20 bits per heavy atom. The van der Waals surface area contributed by atoms with Crippen LogP contribution in [0.4, 0.5) is 0 Å². The summed E-state index contributed by atoms with van der Waals surface area (Å²) in [5, 5.41) is 3.38. The largest absolute Gasteiger partial charge is 0.497 e. The average Bonchev–Trinajstić information content (AvgIpc) is 3.00. The maximum absolute atomic E-state index is 12.3. The molecule has 1 N–H and O–H groups in total. The van der Waals surface area contributed by atoms with Gasteiger partial charge in [0.2, 0.25) is 5.91 Å². The molecule has 0 spiro atoms. The fourth-order valence-corrected chi connectivity index (χ4v) is 2.65. The molecule has 110 valence electrons. The van der Waals surface area contributed by atoms with Crippen LogP contribution in [0.25, 0.3) is 0 Å². The molecule has 1 aliphatic rings. The van der Waals surface area contributed by atoms with Crippen molar-refractivity contribution in [3.63, 3.8) is 0 Å². The average molecular weight is 276 g/mol. The molecule has 0 saturated carbocycles. The highest BCUT2D eigenvalue weighted by atomic mass is 16.5. The van der Waals surface area contributed by atoms with Gasteiger partial charge in [-0.25, -0.2) is 0 Å². The lowest BCUT2D eigenvalue weighted by Crippen LogP contribution is -2.44. The third-order valence-electron chi connectivity index (χ3n) is 3.90. The van der Waals surface area contributed by atoms with Crippen molar-refractivity contribution in [1.29, 1.82) is 0 Å². The molecule has 2 atom stereocenters. The van der Waals surface area contributed by atoms with Gasteiger partial charge in [-0.1, -0.05) is 12.1 Å². The van der Waals surface area contributed by atoms with Gasteiger partial charge in [0.15, 0.2) is 0 Å². The van der Waals surface area contributed by atoms with Crippen LogP contribution in [0.3, 0.4) is 0 Å². The number of carbonyl (C=O) groups is 1. The number of rotatable bonds is 5. The van der Waals surface area contributed by atoms with Gasteiger partial charge in [-0.2, -0.15) is 0 Å². The molecule has 2 unspecified atom stereocenters. The third-order valence-corrected chi connectivity index (χ3v) is 3.90. The minimum absolute atomic E-state index is 0.141. The molecule has 1 aromatic carbocycles. The van der Waals surface area contributed by atoms with E-state index in [1.54, 1.807) is 7.11 Å². The summed E-state index contributed by atoms with van der Waals surface area (Å²) >= 11 is 0. The van der Waals surface area contributed by atoms with Crippen molar-refractivity contribution in [3.8, 4) is 5.75 Å². The maximum Gasteiger partial charge on any atom is 0.239 e. The van der Waals surface area contributed by atoms with Gasteiger partial charge in [-0.15, -0.1) is 0 Å². The van der Waals surface area contributed by atoms with E-state index in [2.05, 4.69) is 12.2 Å². The van der Waals surface area contributed by atoms with Crippen LogP contribution in [-0.4, -0.2) is 37.0 Å². The predicted octanol–water partition coefficient (Wildman–Crippen LogP) is 2.36. The molecule has 1 saturated heterocycles. The Balaban J connectivity index is 1.91. The number of benzene rings is 1. The number of nitrogens with one attached hydrogen (secondary N) is 1. The Morgan fingerprint density at radius 3 is 2.35 bits per heavy atom. The molecule has 0 aliphatic carbocycles. The minimum atomic E-state index is -0.148. The molecule has 20 heavy (non-hydrogen) atoms. The van der Waals surface area contributed by atoms with Crippen molar-refractivity contribution in [2.75, 3.05) is 20.2 Å². The van der Waals surface area contributed by atoms with Crippen molar-refractivity contribution in [3.05, 3.63) is 29.8 Å². The van der Waals surface area contributed by atoms with Crippen LogP contribution in [-0.2, 0) is 4.79 Å². The van der Waals surface area contributed by atoms with Crippen molar-refractivity contribution in [2.45, 2.75) is 38.8 Å². The number of likely N-dealkylation sites (tertiary alicyclic amines) is 1. The smallest absolute Gasteiger partial charge is 0.239 e. The highest BCUT2D eigenvalue weighted by molar-refractivity contribution is 5.81. The summed E-state index contributed by atoms with van der Waals surface area (Å²) in [6, 6.07) is 7.95. The van der Waals surface area contributed by atoms with E-state index in [9.17, 15) is 4.79 Å². The summed E-state index contributed by atoms with van der Waals surface area (Å²) in [4.78, 5) is 14.2. The van der Waals surface area contributed by atoms with Crippen LogP contribution in [0.5, 0.6) is 5.75 Å². The number of hydrogen-bond acceptors (Lipinski definition) is 3. The fraction of sp³-hybridized carbons (Fsp3) is 0.562. The Morgan fingerprint density at radius 2 is 1.80 bits per heavy atom. The van der Waals surface area contributed by atoms with E-state index in [1.165, 1.54) is 0 Å². The van der Waals surface area contributed by atoms with Gasteiger partial charge >= 0.3 is 0 Å². The van der Waals surface area contributed by atoms with E-state index < -0.39 is 0 Å².